The maximum atomic E-state index is 11.8. The third-order valence-electron chi connectivity index (χ3n) is 3.68. The van der Waals surface area contributed by atoms with Crippen LogP contribution in [-0.2, 0) is 4.74 Å². The standard InChI is InChI=1S/C17H26N2O3/c1-12-11-13(19-9-7-14(20)8-10-19)5-6-15(12)18-16(21)22-17(2,3)4/h5-6,11,14,20H,7-10H2,1-4H3,(H,18,21). The van der Waals surface area contributed by atoms with Gasteiger partial charge in [0, 0.05) is 24.5 Å². The molecule has 5 heteroatoms. The molecule has 1 saturated heterocycles. The summed E-state index contributed by atoms with van der Waals surface area (Å²) in [5.41, 5.74) is 2.37. The quantitative estimate of drug-likeness (QED) is 0.880. The van der Waals surface area contributed by atoms with Crippen LogP contribution in [0.15, 0.2) is 18.2 Å². The van der Waals surface area contributed by atoms with Gasteiger partial charge in [0.05, 0.1) is 6.10 Å². The first-order valence-electron chi connectivity index (χ1n) is 7.78. The first-order chi connectivity index (χ1) is 10.2. The maximum Gasteiger partial charge on any atom is 0.412 e. The summed E-state index contributed by atoms with van der Waals surface area (Å²) in [5.74, 6) is 0. The topological polar surface area (TPSA) is 61.8 Å². The molecular weight excluding hydrogens is 280 g/mol. The number of benzene rings is 1. The zero-order chi connectivity index (χ0) is 16.3. The summed E-state index contributed by atoms with van der Waals surface area (Å²) in [5, 5.41) is 12.4. The first kappa shape index (κ1) is 16.6. The highest BCUT2D eigenvalue weighted by molar-refractivity contribution is 5.86. The molecule has 1 aromatic carbocycles. The van der Waals surface area contributed by atoms with Gasteiger partial charge in [-0.2, -0.15) is 0 Å². The summed E-state index contributed by atoms with van der Waals surface area (Å²) >= 11 is 0. The molecule has 2 N–H and O–H groups in total. The van der Waals surface area contributed by atoms with Crippen LogP contribution in [0.1, 0.15) is 39.2 Å². The lowest BCUT2D eigenvalue weighted by molar-refractivity contribution is 0.0636. The number of aryl methyl sites for hydroxylation is 1. The fraction of sp³-hybridized carbons (Fsp3) is 0.588. The molecule has 1 aliphatic heterocycles. The molecule has 0 aliphatic carbocycles. The molecule has 0 bridgehead atoms. The molecule has 22 heavy (non-hydrogen) atoms. The summed E-state index contributed by atoms with van der Waals surface area (Å²) in [6.45, 7) is 9.21. The highest BCUT2D eigenvalue weighted by Crippen LogP contribution is 2.25. The number of hydrogen-bond donors (Lipinski definition) is 2. The van der Waals surface area contributed by atoms with Crippen LogP contribution in [0.4, 0.5) is 16.2 Å². The largest absolute Gasteiger partial charge is 0.444 e. The number of hydrogen-bond acceptors (Lipinski definition) is 4. The minimum atomic E-state index is -0.507. The maximum absolute atomic E-state index is 11.8. The number of amides is 1. The SMILES string of the molecule is Cc1cc(N2CCC(O)CC2)ccc1NC(=O)OC(C)(C)C. The Morgan fingerprint density at radius 3 is 2.50 bits per heavy atom. The van der Waals surface area contributed by atoms with E-state index >= 15 is 0 Å². The molecule has 2 rings (SSSR count). The summed E-state index contributed by atoms with van der Waals surface area (Å²) in [4.78, 5) is 14.1. The number of carbonyl (C=O) groups is 1. The van der Waals surface area contributed by atoms with E-state index < -0.39 is 11.7 Å². The molecular formula is C17H26N2O3. The molecule has 0 atom stereocenters. The normalized spacial score (nSPS) is 16.5. The van der Waals surface area contributed by atoms with Crippen molar-refractivity contribution in [2.45, 2.75) is 52.2 Å². The van der Waals surface area contributed by atoms with Crippen LogP contribution in [-0.4, -0.2) is 36.0 Å². The lowest BCUT2D eigenvalue weighted by Gasteiger charge is -2.32. The Morgan fingerprint density at radius 1 is 1.32 bits per heavy atom. The average Bonchev–Trinajstić information content (AvgIpc) is 2.40. The molecule has 122 valence electrons. The summed E-state index contributed by atoms with van der Waals surface area (Å²) in [7, 11) is 0. The molecule has 0 unspecified atom stereocenters. The van der Waals surface area contributed by atoms with E-state index in [1.54, 1.807) is 0 Å². The van der Waals surface area contributed by atoms with Crippen molar-refractivity contribution < 1.29 is 14.6 Å². The zero-order valence-corrected chi connectivity index (χ0v) is 13.8. The van der Waals surface area contributed by atoms with Crippen molar-refractivity contribution in [3.8, 4) is 0 Å². The summed E-state index contributed by atoms with van der Waals surface area (Å²) < 4.78 is 5.27. The fourth-order valence-electron chi connectivity index (χ4n) is 2.52. The van der Waals surface area contributed by atoms with E-state index in [0.29, 0.717) is 0 Å². The summed E-state index contributed by atoms with van der Waals surface area (Å²) in [6, 6.07) is 5.96. The monoisotopic (exact) mass is 306 g/mol. The molecule has 0 spiro atoms. The Labute approximate surface area is 132 Å². The second kappa shape index (κ2) is 6.57. The molecule has 1 aromatic rings. The molecule has 5 nitrogen and oxygen atoms in total. The number of anilines is 2. The Hall–Kier alpha value is -1.75. The molecule has 1 fully saturated rings. The van der Waals surface area contributed by atoms with Crippen LogP contribution < -0.4 is 10.2 Å². The Kier molecular flexibility index (Phi) is 4.96. The van der Waals surface area contributed by atoms with Crippen molar-refractivity contribution in [2.24, 2.45) is 0 Å². The lowest BCUT2D eigenvalue weighted by Crippen LogP contribution is -2.35. The van der Waals surface area contributed by atoms with Crippen molar-refractivity contribution in [3.63, 3.8) is 0 Å². The Bertz CT molecular complexity index is 529. The second-order valence-electron chi connectivity index (χ2n) is 6.84. The third kappa shape index (κ3) is 4.63. The number of aliphatic hydroxyl groups is 1. The number of carbonyl (C=O) groups excluding carboxylic acids is 1. The Morgan fingerprint density at radius 2 is 1.95 bits per heavy atom. The van der Waals surface area contributed by atoms with Gasteiger partial charge in [0.25, 0.3) is 0 Å². The lowest BCUT2D eigenvalue weighted by atomic mass is 10.1. The van der Waals surface area contributed by atoms with Gasteiger partial charge in [-0.1, -0.05) is 0 Å². The van der Waals surface area contributed by atoms with E-state index in [0.717, 1.165) is 42.9 Å². The van der Waals surface area contributed by atoms with Gasteiger partial charge in [0.2, 0.25) is 0 Å². The van der Waals surface area contributed by atoms with Gasteiger partial charge in [0.1, 0.15) is 5.60 Å². The number of nitrogens with zero attached hydrogens (tertiary/aromatic N) is 1. The van der Waals surface area contributed by atoms with Gasteiger partial charge in [-0.15, -0.1) is 0 Å². The summed E-state index contributed by atoms with van der Waals surface area (Å²) in [6.07, 6.45) is 0.989. The molecule has 1 amide bonds. The van der Waals surface area contributed by atoms with Gasteiger partial charge in [-0.05, 0) is 64.3 Å². The molecule has 0 radical (unpaired) electrons. The van der Waals surface area contributed by atoms with Crippen molar-refractivity contribution >= 4 is 17.5 Å². The predicted octanol–water partition coefficient (Wildman–Crippen LogP) is 3.30. The van der Waals surface area contributed by atoms with Crippen LogP contribution in [0, 0.1) is 6.92 Å². The van der Waals surface area contributed by atoms with Crippen molar-refractivity contribution in [1.82, 2.24) is 0 Å². The zero-order valence-electron chi connectivity index (χ0n) is 13.8. The number of nitrogens with one attached hydrogen (secondary N) is 1. The fourth-order valence-corrected chi connectivity index (χ4v) is 2.52. The number of rotatable bonds is 2. The van der Waals surface area contributed by atoms with E-state index in [1.807, 2.05) is 39.8 Å². The molecule has 1 heterocycles. The molecule has 0 aromatic heterocycles. The highest BCUT2D eigenvalue weighted by atomic mass is 16.6. The van der Waals surface area contributed by atoms with Gasteiger partial charge in [-0.25, -0.2) is 4.79 Å². The number of aliphatic hydroxyl groups excluding tert-OH is 1. The molecule has 0 saturated carbocycles. The molecule has 1 aliphatic rings. The van der Waals surface area contributed by atoms with Gasteiger partial charge in [0.15, 0.2) is 0 Å². The highest BCUT2D eigenvalue weighted by Gasteiger charge is 2.19. The smallest absolute Gasteiger partial charge is 0.412 e. The van der Waals surface area contributed by atoms with Crippen LogP contribution in [0.25, 0.3) is 0 Å². The van der Waals surface area contributed by atoms with Crippen molar-refractivity contribution in [2.75, 3.05) is 23.3 Å². The van der Waals surface area contributed by atoms with E-state index in [9.17, 15) is 9.90 Å². The minimum absolute atomic E-state index is 0.176. The second-order valence-corrected chi connectivity index (χ2v) is 6.84. The minimum Gasteiger partial charge on any atom is -0.444 e. The van der Waals surface area contributed by atoms with E-state index in [2.05, 4.69) is 16.3 Å². The van der Waals surface area contributed by atoms with Gasteiger partial charge < -0.3 is 14.7 Å². The number of piperidine rings is 1. The predicted molar refractivity (Wildman–Crippen MR) is 88.5 cm³/mol. The first-order valence-corrected chi connectivity index (χ1v) is 7.78. The van der Waals surface area contributed by atoms with Crippen LogP contribution >= 0.6 is 0 Å². The Balaban J connectivity index is 2.02. The van der Waals surface area contributed by atoms with Crippen LogP contribution in [0.5, 0.6) is 0 Å². The van der Waals surface area contributed by atoms with Crippen LogP contribution in [0.3, 0.4) is 0 Å². The van der Waals surface area contributed by atoms with Gasteiger partial charge >= 0.3 is 6.09 Å². The van der Waals surface area contributed by atoms with E-state index in [1.165, 1.54) is 0 Å². The average molecular weight is 306 g/mol. The van der Waals surface area contributed by atoms with E-state index in [-0.39, 0.29) is 6.10 Å². The van der Waals surface area contributed by atoms with E-state index in [4.69, 9.17) is 4.74 Å². The van der Waals surface area contributed by atoms with Crippen molar-refractivity contribution in [1.29, 1.82) is 0 Å². The number of ether oxygens (including phenoxy) is 1. The van der Waals surface area contributed by atoms with Crippen LogP contribution in [0.2, 0.25) is 0 Å². The van der Waals surface area contributed by atoms with Gasteiger partial charge in [-0.3, -0.25) is 5.32 Å². The third-order valence-corrected chi connectivity index (χ3v) is 3.68. The van der Waals surface area contributed by atoms with Crippen molar-refractivity contribution in [3.05, 3.63) is 23.8 Å².